The smallest absolute Gasteiger partial charge is 0.243 e. The number of nitrogens with two attached hydrogens (primary N) is 1. The molecule has 1 aromatic carbocycles. The lowest BCUT2D eigenvalue weighted by Gasteiger charge is -2.21. The molecule has 7 heteroatoms. The summed E-state index contributed by atoms with van der Waals surface area (Å²) in [4.78, 5) is 0.328. The maximum atomic E-state index is 12.8. The van der Waals surface area contributed by atoms with E-state index < -0.39 is 10.0 Å². The summed E-state index contributed by atoms with van der Waals surface area (Å²) >= 11 is 3.41. The summed E-state index contributed by atoms with van der Waals surface area (Å²) in [5.74, 6) is 0. The molecule has 0 bridgehead atoms. The van der Waals surface area contributed by atoms with Crippen molar-refractivity contribution in [2.75, 3.05) is 26.3 Å². The molecular formula is C13H19BrN2O3S. The summed E-state index contributed by atoms with van der Waals surface area (Å²) in [7, 11) is -3.50. The molecule has 20 heavy (non-hydrogen) atoms. The van der Waals surface area contributed by atoms with E-state index in [1.165, 1.54) is 4.31 Å². The molecule has 112 valence electrons. The van der Waals surface area contributed by atoms with Crippen LogP contribution in [0.15, 0.2) is 21.5 Å². The highest BCUT2D eigenvalue weighted by Crippen LogP contribution is 2.28. The van der Waals surface area contributed by atoms with Crippen molar-refractivity contribution in [2.24, 2.45) is 5.73 Å². The van der Waals surface area contributed by atoms with Crippen LogP contribution >= 0.6 is 15.9 Å². The lowest BCUT2D eigenvalue weighted by molar-refractivity contribution is 0.148. The van der Waals surface area contributed by atoms with Gasteiger partial charge in [0.15, 0.2) is 0 Å². The standard InChI is InChI=1S/C13H19BrN2O3S/c1-10-12(14)7-11(9-15)8-13(10)20(17,18)16-3-2-5-19-6-4-16/h7-8H,2-6,9,15H2,1H3. The van der Waals surface area contributed by atoms with Gasteiger partial charge >= 0.3 is 0 Å². The van der Waals surface area contributed by atoms with Gasteiger partial charge in [-0.1, -0.05) is 15.9 Å². The minimum absolute atomic E-state index is 0.310. The summed E-state index contributed by atoms with van der Waals surface area (Å²) in [6, 6.07) is 3.53. The molecule has 0 aliphatic carbocycles. The Morgan fingerprint density at radius 1 is 1.35 bits per heavy atom. The van der Waals surface area contributed by atoms with Gasteiger partial charge in [-0.15, -0.1) is 0 Å². The summed E-state index contributed by atoms with van der Waals surface area (Å²) in [5, 5.41) is 0. The zero-order valence-corrected chi connectivity index (χ0v) is 13.8. The van der Waals surface area contributed by atoms with E-state index >= 15 is 0 Å². The van der Waals surface area contributed by atoms with E-state index in [9.17, 15) is 8.42 Å². The predicted molar refractivity (Wildman–Crippen MR) is 81.0 cm³/mol. The molecular weight excluding hydrogens is 344 g/mol. The highest BCUT2D eigenvalue weighted by molar-refractivity contribution is 9.10. The van der Waals surface area contributed by atoms with Crippen LogP contribution in [-0.2, 0) is 21.3 Å². The Morgan fingerprint density at radius 3 is 2.80 bits per heavy atom. The van der Waals surface area contributed by atoms with E-state index in [0.717, 1.165) is 16.5 Å². The summed E-state index contributed by atoms with van der Waals surface area (Å²) in [6.07, 6.45) is 0.718. The van der Waals surface area contributed by atoms with Crippen LogP contribution in [0.1, 0.15) is 17.5 Å². The molecule has 1 aliphatic heterocycles. The third-order valence-corrected chi connectivity index (χ3v) is 6.24. The fourth-order valence-corrected chi connectivity index (χ4v) is 4.59. The van der Waals surface area contributed by atoms with Crippen molar-refractivity contribution in [1.29, 1.82) is 0 Å². The first kappa shape index (κ1) is 15.9. The van der Waals surface area contributed by atoms with Crippen molar-refractivity contribution in [1.82, 2.24) is 4.31 Å². The lowest BCUT2D eigenvalue weighted by Crippen LogP contribution is -2.33. The number of rotatable bonds is 3. The van der Waals surface area contributed by atoms with Crippen LogP contribution in [0.2, 0.25) is 0 Å². The molecule has 0 spiro atoms. The Hall–Kier alpha value is -0.470. The maximum Gasteiger partial charge on any atom is 0.243 e. The van der Waals surface area contributed by atoms with E-state index in [2.05, 4.69) is 15.9 Å². The van der Waals surface area contributed by atoms with Gasteiger partial charge in [-0.3, -0.25) is 0 Å². The predicted octanol–water partition coefficient (Wildman–Crippen LogP) is 1.63. The van der Waals surface area contributed by atoms with Crippen LogP contribution in [0.3, 0.4) is 0 Å². The lowest BCUT2D eigenvalue weighted by atomic mass is 10.1. The van der Waals surface area contributed by atoms with Gasteiger partial charge in [0.25, 0.3) is 0 Å². The van der Waals surface area contributed by atoms with Gasteiger partial charge in [0, 0.05) is 30.7 Å². The Bertz CT molecular complexity index is 582. The average molecular weight is 363 g/mol. The molecule has 2 rings (SSSR count). The molecule has 0 radical (unpaired) electrons. The number of ether oxygens (including phenoxy) is 1. The van der Waals surface area contributed by atoms with Crippen molar-refractivity contribution in [2.45, 2.75) is 24.8 Å². The number of hydrogen-bond acceptors (Lipinski definition) is 4. The van der Waals surface area contributed by atoms with Gasteiger partial charge in [-0.05, 0) is 36.6 Å². The van der Waals surface area contributed by atoms with Gasteiger partial charge in [0.1, 0.15) is 0 Å². The molecule has 1 saturated heterocycles. The highest BCUT2D eigenvalue weighted by atomic mass is 79.9. The average Bonchev–Trinajstić information content (AvgIpc) is 2.70. The molecule has 1 aromatic rings. The summed E-state index contributed by atoms with van der Waals surface area (Å²) in [5.41, 5.74) is 7.15. The van der Waals surface area contributed by atoms with Gasteiger partial charge in [0.2, 0.25) is 10.0 Å². The first-order valence-electron chi connectivity index (χ1n) is 6.54. The second-order valence-electron chi connectivity index (χ2n) is 4.77. The van der Waals surface area contributed by atoms with E-state index in [-0.39, 0.29) is 0 Å². The Labute approximate surface area is 128 Å². The fraction of sp³-hybridized carbons (Fsp3) is 0.538. The molecule has 0 atom stereocenters. The molecule has 1 fully saturated rings. The van der Waals surface area contributed by atoms with Crippen LogP contribution in [0.25, 0.3) is 0 Å². The minimum atomic E-state index is -3.50. The molecule has 0 aromatic heterocycles. The molecule has 0 saturated carbocycles. The van der Waals surface area contributed by atoms with Crippen LogP contribution in [0, 0.1) is 6.92 Å². The van der Waals surface area contributed by atoms with Gasteiger partial charge < -0.3 is 10.5 Å². The van der Waals surface area contributed by atoms with Gasteiger partial charge in [-0.25, -0.2) is 8.42 Å². The van der Waals surface area contributed by atoms with E-state index in [1.54, 1.807) is 13.0 Å². The molecule has 0 amide bonds. The monoisotopic (exact) mass is 362 g/mol. The van der Waals surface area contributed by atoms with Crippen LogP contribution < -0.4 is 5.73 Å². The van der Waals surface area contributed by atoms with Crippen molar-refractivity contribution >= 4 is 26.0 Å². The SMILES string of the molecule is Cc1c(Br)cc(CN)cc1S(=O)(=O)N1CCCOCC1. The minimum Gasteiger partial charge on any atom is -0.380 e. The van der Waals surface area contributed by atoms with Crippen molar-refractivity contribution in [3.63, 3.8) is 0 Å². The third-order valence-electron chi connectivity index (χ3n) is 3.39. The van der Waals surface area contributed by atoms with Gasteiger partial charge in [-0.2, -0.15) is 4.31 Å². The van der Waals surface area contributed by atoms with Crippen molar-refractivity contribution < 1.29 is 13.2 Å². The largest absolute Gasteiger partial charge is 0.380 e. The quantitative estimate of drug-likeness (QED) is 0.886. The Balaban J connectivity index is 2.45. The van der Waals surface area contributed by atoms with Crippen molar-refractivity contribution in [3.05, 3.63) is 27.7 Å². The van der Waals surface area contributed by atoms with Crippen LogP contribution in [0.4, 0.5) is 0 Å². The molecule has 0 unspecified atom stereocenters. The fourth-order valence-electron chi connectivity index (χ4n) is 2.20. The van der Waals surface area contributed by atoms with Crippen LogP contribution in [0.5, 0.6) is 0 Å². The first-order chi connectivity index (χ1) is 9.46. The second kappa shape index (κ2) is 6.53. The van der Waals surface area contributed by atoms with Crippen molar-refractivity contribution in [3.8, 4) is 0 Å². The zero-order chi connectivity index (χ0) is 14.8. The number of benzene rings is 1. The van der Waals surface area contributed by atoms with E-state index in [4.69, 9.17) is 10.5 Å². The number of halogens is 1. The number of nitrogens with zero attached hydrogens (tertiary/aromatic N) is 1. The molecule has 2 N–H and O–H groups in total. The van der Waals surface area contributed by atoms with E-state index in [0.29, 0.717) is 43.3 Å². The summed E-state index contributed by atoms with van der Waals surface area (Å²) in [6.45, 7) is 4.04. The van der Waals surface area contributed by atoms with Crippen LogP contribution in [-0.4, -0.2) is 39.0 Å². The normalized spacial score (nSPS) is 17.9. The van der Waals surface area contributed by atoms with Gasteiger partial charge in [0.05, 0.1) is 11.5 Å². The van der Waals surface area contributed by atoms with E-state index in [1.807, 2.05) is 6.07 Å². The Kier molecular flexibility index (Phi) is 5.19. The second-order valence-corrected chi connectivity index (χ2v) is 7.54. The molecule has 1 heterocycles. The maximum absolute atomic E-state index is 12.8. The first-order valence-corrected chi connectivity index (χ1v) is 8.77. The number of hydrogen-bond donors (Lipinski definition) is 1. The summed E-state index contributed by atoms with van der Waals surface area (Å²) < 4.78 is 33.2. The molecule has 5 nitrogen and oxygen atoms in total. The molecule has 1 aliphatic rings. The zero-order valence-electron chi connectivity index (χ0n) is 11.4. The highest BCUT2D eigenvalue weighted by Gasteiger charge is 2.27. The Morgan fingerprint density at radius 2 is 2.10 bits per heavy atom. The third kappa shape index (κ3) is 3.23. The topological polar surface area (TPSA) is 72.6 Å². The number of sulfonamides is 1.